The van der Waals surface area contributed by atoms with Crippen molar-refractivity contribution in [2.45, 2.75) is 31.1 Å². The van der Waals surface area contributed by atoms with E-state index in [9.17, 15) is 13.2 Å². The molecule has 1 amide bonds. The number of anilines is 2. The van der Waals surface area contributed by atoms with Gasteiger partial charge in [0.1, 0.15) is 5.75 Å². The first-order valence-electron chi connectivity index (χ1n) is 9.69. The van der Waals surface area contributed by atoms with Gasteiger partial charge in [0, 0.05) is 30.5 Å². The molecule has 0 spiro atoms. The van der Waals surface area contributed by atoms with E-state index in [1.54, 1.807) is 53.9 Å². The minimum absolute atomic E-state index is 0.0191. The van der Waals surface area contributed by atoms with Crippen molar-refractivity contribution in [3.63, 3.8) is 0 Å². The maximum atomic E-state index is 12.9. The molecule has 1 saturated heterocycles. The molecule has 29 heavy (non-hydrogen) atoms. The van der Waals surface area contributed by atoms with Crippen LogP contribution in [0, 0.1) is 6.92 Å². The van der Waals surface area contributed by atoms with Crippen molar-refractivity contribution in [1.82, 2.24) is 4.31 Å². The van der Waals surface area contributed by atoms with Gasteiger partial charge in [0.15, 0.2) is 0 Å². The number of piperidine rings is 1. The van der Waals surface area contributed by atoms with Crippen LogP contribution in [0.3, 0.4) is 0 Å². The van der Waals surface area contributed by atoms with Crippen molar-refractivity contribution < 1.29 is 17.9 Å². The summed E-state index contributed by atoms with van der Waals surface area (Å²) in [5.74, 6) is 0.421. The second-order valence-corrected chi connectivity index (χ2v) is 9.01. The van der Waals surface area contributed by atoms with Crippen LogP contribution in [0.1, 0.15) is 24.8 Å². The number of rotatable bonds is 7. The van der Waals surface area contributed by atoms with Crippen LogP contribution in [0.15, 0.2) is 47.4 Å². The smallest absolute Gasteiger partial charge is 0.243 e. The number of benzene rings is 2. The Morgan fingerprint density at radius 2 is 1.86 bits per heavy atom. The lowest BCUT2D eigenvalue weighted by Crippen LogP contribution is -2.35. The van der Waals surface area contributed by atoms with Crippen LogP contribution in [0.2, 0.25) is 0 Å². The quantitative estimate of drug-likeness (QED) is 0.722. The first-order chi connectivity index (χ1) is 13.9. The molecule has 0 atom stereocenters. The molecule has 1 aliphatic rings. The third kappa shape index (κ3) is 5.27. The van der Waals surface area contributed by atoms with Gasteiger partial charge < -0.3 is 15.4 Å². The maximum Gasteiger partial charge on any atom is 0.243 e. The van der Waals surface area contributed by atoms with E-state index >= 15 is 0 Å². The number of ether oxygens (including phenoxy) is 1. The summed E-state index contributed by atoms with van der Waals surface area (Å²) >= 11 is 0. The van der Waals surface area contributed by atoms with Crippen molar-refractivity contribution in [3.05, 3.63) is 48.0 Å². The van der Waals surface area contributed by atoms with Gasteiger partial charge in [-0.3, -0.25) is 4.79 Å². The Bertz CT molecular complexity index is 970. The van der Waals surface area contributed by atoms with E-state index in [1.165, 1.54) is 0 Å². The molecule has 0 unspecified atom stereocenters. The summed E-state index contributed by atoms with van der Waals surface area (Å²) in [6.07, 6.45) is 2.84. The number of hydrogen-bond acceptors (Lipinski definition) is 5. The zero-order valence-corrected chi connectivity index (χ0v) is 17.6. The topological polar surface area (TPSA) is 87.7 Å². The van der Waals surface area contributed by atoms with Gasteiger partial charge in [-0.25, -0.2) is 8.42 Å². The van der Waals surface area contributed by atoms with Crippen molar-refractivity contribution in [2.75, 3.05) is 37.4 Å². The van der Waals surface area contributed by atoms with Crippen LogP contribution < -0.4 is 15.4 Å². The Labute approximate surface area is 172 Å². The average Bonchev–Trinajstić information content (AvgIpc) is 2.73. The molecule has 8 heteroatoms. The predicted molar refractivity (Wildman–Crippen MR) is 114 cm³/mol. The van der Waals surface area contributed by atoms with Crippen molar-refractivity contribution in [1.29, 1.82) is 0 Å². The van der Waals surface area contributed by atoms with Crippen LogP contribution in [-0.2, 0) is 14.8 Å². The molecule has 1 fully saturated rings. The van der Waals surface area contributed by atoms with Crippen LogP contribution >= 0.6 is 0 Å². The SMILES string of the molecule is COc1cccc(NC(=O)CNc2cc(S(=O)(=O)N3CCCCC3)ccc2C)c1. The molecule has 0 radical (unpaired) electrons. The molecule has 2 aromatic rings. The minimum Gasteiger partial charge on any atom is -0.497 e. The molecule has 2 aromatic carbocycles. The highest BCUT2D eigenvalue weighted by Crippen LogP contribution is 2.25. The monoisotopic (exact) mass is 417 g/mol. The molecule has 0 saturated carbocycles. The Kier molecular flexibility index (Phi) is 6.76. The summed E-state index contributed by atoms with van der Waals surface area (Å²) in [6.45, 7) is 3.01. The normalized spacial score (nSPS) is 15.0. The fraction of sp³-hybridized carbons (Fsp3) is 0.381. The molecule has 1 heterocycles. The van der Waals surface area contributed by atoms with Crippen LogP contribution in [0.5, 0.6) is 5.75 Å². The Morgan fingerprint density at radius 3 is 2.59 bits per heavy atom. The lowest BCUT2D eigenvalue weighted by Gasteiger charge is -2.26. The Balaban J connectivity index is 1.67. The maximum absolute atomic E-state index is 12.9. The molecule has 0 aliphatic carbocycles. The standard InChI is InChI=1S/C21H27N3O4S/c1-16-9-10-19(29(26,27)24-11-4-3-5-12-24)14-20(16)22-15-21(25)23-17-7-6-8-18(13-17)28-2/h6-10,13-14,22H,3-5,11-12,15H2,1-2H3,(H,23,25). The number of carbonyl (C=O) groups is 1. The highest BCUT2D eigenvalue weighted by atomic mass is 32.2. The summed E-state index contributed by atoms with van der Waals surface area (Å²) in [5, 5.41) is 5.85. The van der Waals surface area contributed by atoms with Gasteiger partial charge in [0.2, 0.25) is 15.9 Å². The molecule has 156 valence electrons. The summed E-state index contributed by atoms with van der Waals surface area (Å²) in [5.41, 5.74) is 2.13. The second kappa shape index (κ2) is 9.28. The van der Waals surface area contributed by atoms with E-state index in [1.807, 2.05) is 6.92 Å². The van der Waals surface area contributed by atoms with Gasteiger partial charge >= 0.3 is 0 Å². The molecule has 0 aromatic heterocycles. The Hall–Kier alpha value is -2.58. The van der Waals surface area contributed by atoms with Gasteiger partial charge in [-0.15, -0.1) is 0 Å². The second-order valence-electron chi connectivity index (χ2n) is 7.08. The fourth-order valence-electron chi connectivity index (χ4n) is 3.29. The lowest BCUT2D eigenvalue weighted by atomic mass is 10.2. The lowest BCUT2D eigenvalue weighted by molar-refractivity contribution is -0.114. The molecule has 3 rings (SSSR count). The third-order valence-electron chi connectivity index (χ3n) is 4.95. The highest BCUT2D eigenvalue weighted by molar-refractivity contribution is 7.89. The van der Waals surface area contributed by atoms with E-state index in [-0.39, 0.29) is 17.3 Å². The third-order valence-corrected chi connectivity index (χ3v) is 6.85. The highest BCUT2D eigenvalue weighted by Gasteiger charge is 2.26. The number of aryl methyl sites for hydroxylation is 1. The largest absolute Gasteiger partial charge is 0.497 e. The number of amides is 1. The zero-order valence-electron chi connectivity index (χ0n) is 16.8. The van der Waals surface area contributed by atoms with Gasteiger partial charge in [-0.05, 0) is 49.6 Å². The van der Waals surface area contributed by atoms with Crippen LogP contribution in [0.25, 0.3) is 0 Å². The number of carbonyl (C=O) groups excluding carboxylic acids is 1. The zero-order chi connectivity index (χ0) is 20.9. The van der Waals surface area contributed by atoms with Gasteiger partial charge in [-0.1, -0.05) is 18.6 Å². The minimum atomic E-state index is -3.52. The summed E-state index contributed by atoms with van der Waals surface area (Å²) in [4.78, 5) is 12.5. The van der Waals surface area contributed by atoms with E-state index in [0.717, 1.165) is 24.8 Å². The predicted octanol–water partition coefficient (Wildman–Crippen LogP) is 3.23. The molecule has 0 bridgehead atoms. The fourth-order valence-corrected chi connectivity index (χ4v) is 4.83. The molecular formula is C21H27N3O4S. The number of nitrogens with one attached hydrogen (secondary N) is 2. The van der Waals surface area contributed by atoms with E-state index in [4.69, 9.17) is 4.74 Å². The van der Waals surface area contributed by atoms with Gasteiger partial charge in [-0.2, -0.15) is 4.31 Å². The number of methoxy groups -OCH3 is 1. The molecule has 7 nitrogen and oxygen atoms in total. The number of nitrogens with zero attached hydrogens (tertiary/aromatic N) is 1. The number of sulfonamides is 1. The summed E-state index contributed by atoms with van der Waals surface area (Å²) < 4.78 is 32.5. The summed E-state index contributed by atoms with van der Waals surface area (Å²) in [6, 6.07) is 12.1. The molecule has 1 aliphatic heterocycles. The van der Waals surface area contributed by atoms with Crippen LogP contribution in [-0.4, -0.2) is 45.4 Å². The van der Waals surface area contributed by atoms with E-state index in [0.29, 0.717) is 30.2 Å². The first kappa shape index (κ1) is 21.1. The van der Waals surface area contributed by atoms with Crippen molar-refractivity contribution in [3.8, 4) is 5.75 Å². The Morgan fingerprint density at radius 1 is 1.10 bits per heavy atom. The van der Waals surface area contributed by atoms with Crippen molar-refractivity contribution >= 4 is 27.3 Å². The molecule has 2 N–H and O–H groups in total. The van der Waals surface area contributed by atoms with Gasteiger partial charge in [0.05, 0.1) is 18.6 Å². The van der Waals surface area contributed by atoms with E-state index in [2.05, 4.69) is 10.6 Å². The van der Waals surface area contributed by atoms with Gasteiger partial charge in [0.25, 0.3) is 0 Å². The van der Waals surface area contributed by atoms with E-state index < -0.39 is 10.0 Å². The first-order valence-corrected chi connectivity index (χ1v) is 11.1. The molecular weight excluding hydrogens is 390 g/mol. The average molecular weight is 418 g/mol. The summed E-state index contributed by atoms with van der Waals surface area (Å²) in [7, 11) is -1.95. The number of hydrogen-bond donors (Lipinski definition) is 2. The van der Waals surface area contributed by atoms with Crippen LogP contribution in [0.4, 0.5) is 11.4 Å². The van der Waals surface area contributed by atoms with Crippen molar-refractivity contribution in [2.24, 2.45) is 0 Å².